The highest BCUT2D eigenvalue weighted by atomic mass is 16.4. The molecular weight excluding hydrogens is 218 g/mol. The van der Waals surface area contributed by atoms with Gasteiger partial charge in [-0.2, -0.15) is 0 Å². The molecule has 0 radical (unpaired) electrons. The minimum Gasteiger partial charge on any atom is -0.481 e. The summed E-state index contributed by atoms with van der Waals surface area (Å²) in [5.74, 6) is -0.833. The summed E-state index contributed by atoms with van der Waals surface area (Å²) in [6, 6.07) is 0. The first-order valence-corrected chi connectivity index (χ1v) is 6.46. The molecule has 0 bridgehead atoms. The summed E-state index contributed by atoms with van der Waals surface area (Å²) < 4.78 is 0. The normalized spacial score (nSPS) is 8.88. The van der Waals surface area contributed by atoms with Crippen molar-refractivity contribution in [3.63, 3.8) is 0 Å². The van der Waals surface area contributed by atoms with Crippen LogP contribution < -0.4 is 5.32 Å². The highest BCUT2D eigenvalue weighted by Crippen LogP contribution is 1.85. The molecule has 0 atom stereocenters. The van der Waals surface area contributed by atoms with Crippen molar-refractivity contribution in [2.75, 3.05) is 13.1 Å². The van der Waals surface area contributed by atoms with Crippen LogP contribution in [0, 0.1) is 0 Å². The average Bonchev–Trinajstić information content (AvgIpc) is 2.16. The van der Waals surface area contributed by atoms with Crippen molar-refractivity contribution in [3.05, 3.63) is 0 Å². The average molecular weight is 249 g/mol. The van der Waals surface area contributed by atoms with Gasteiger partial charge in [0.15, 0.2) is 0 Å². The lowest BCUT2D eigenvalue weighted by atomic mass is 10.3. The van der Waals surface area contributed by atoms with E-state index in [0.29, 0.717) is 0 Å². The number of unbranched alkanes of at least 4 members (excludes halogenated alkanes) is 2. The Kier molecular flexibility index (Phi) is 26.4. The van der Waals surface area contributed by atoms with Gasteiger partial charge in [-0.05, 0) is 39.8 Å². The molecule has 0 fully saturated rings. The standard InChI is InChI=1S/C8H19N.C3H8O.C2H4O2/c1-3-5-7-9-8-6-4-2;1-3(2)4;1-2(3)4/h9H,3-8H2,1-2H3;3-4H,1-2H3;1H3,(H,3,4). The summed E-state index contributed by atoms with van der Waals surface area (Å²) in [6.07, 6.45) is 5.09. The molecule has 0 aromatic carbocycles. The van der Waals surface area contributed by atoms with Crippen molar-refractivity contribution < 1.29 is 15.0 Å². The fourth-order valence-corrected chi connectivity index (χ4v) is 0.729. The van der Waals surface area contributed by atoms with Gasteiger partial charge in [0, 0.05) is 13.0 Å². The SMILES string of the molecule is CC(=O)O.CC(C)O.CCCCNCCCC. The number of aliphatic hydroxyl groups is 1. The minimum absolute atomic E-state index is 0.167. The Morgan fingerprint density at radius 2 is 1.35 bits per heavy atom. The summed E-state index contributed by atoms with van der Waals surface area (Å²) in [7, 11) is 0. The topological polar surface area (TPSA) is 69.6 Å². The van der Waals surface area contributed by atoms with Crippen LogP contribution in [-0.4, -0.2) is 35.4 Å². The molecule has 106 valence electrons. The van der Waals surface area contributed by atoms with Crippen molar-refractivity contribution in [2.45, 2.75) is 66.4 Å². The number of rotatable bonds is 6. The van der Waals surface area contributed by atoms with Crippen LogP contribution in [0.3, 0.4) is 0 Å². The van der Waals surface area contributed by atoms with Crippen molar-refractivity contribution in [2.24, 2.45) is 0 Å². The highest BCUT2D eigenvalue weighted by molar-refractivity contribution is 5.62. The summed E-state index contributed by atoms with van der Waals surface area (Å²) in [5.41, 5.74) is 0. The Morgan fingerprint density at radius 1 is 1.12 bits per heavy atom. The lowest BCUT2D eigenvalue weighted by Gasteiger charge is -1.99. The van der Waals surface area contributed by atoms with E-state index in [-0.39, 0.29) is 6.10 Å². The molecule has 0 aromatic heterocycles. The molecule has 3 N–H and O–H groups in total. The van der Waals surface area contributed by atoms with E-state index in [1.807, 2.05) is 0 Å². The Labute approximate surface area is 106 Å². The number of hydrogen-bond donors (Lipinski definition) is 3. The third-order valence-corrected chi connectivity index (χ3v) is 1.41. The zero-order valence-electron chi connectivity index (χ0n) is 12.1. The van der Waals surface area contributed by atoms with Gasteiger partial charge in [-0.1, -0.05) is 26.7 Å². The van der Waals surface area contributed by atoms with E-state index >= 15 is 0 Å². The molecule has 0 spiro atoms. The Bertz CT molecular complexity index is 126. The number of hydrogen-bond acceptors (Lipinski definition) is 3. The number of carboxylic acid groups (broad SMARTS) is 1. The second-order valence-electron chi connectivity index (χ2n) is 4.07. The smallest absolute Gasteiger partial charge is 0.300 e. The van der Waals surface area contributed by atoms with Gasteiger partial charge >= 0.3 is 0 Å². The molecule has 0 heterocycles. The first kappa shape index (κ1) is 21.7. The van der Waals surface area contributed by atoms with E-state index in [0.717, 1.165) is 6.92 Å². The first-order valence-electron chi connectivity index (χ1n) is 6.46. The summed E-state index contributed by atoms with van der Waals surface area (Å²) in [4.78, 5) is 9.00. The van der Waals surface area contributed by atoms with Crippen molar-refractivity contribution in [1.29, 1.82) is 0 Å². The highest BCUT2D eigenvalue weighted by Gasteiger charge is 1.83. The molecule has 17 heavy (non-hydrogen) atoms. The fraction of sp³-hybridized carbons (Fsp3) is 0.923. The van der Waals surface area contributed by atoms with E-state index < -0.39 is 5.97 Å². The molecule has 0 aliphatic carbocycles. The van der Waals surface area contributed by atoms with Gasteiger partial charge in [-0.3, -0.25) is 4.79 Å². The number of aliphatic hydroxyl groups excluding tert-OH is 1. The van der Waals surface area contributed by atoms with Crippen LogP contribution in [-0.2, 0) is 4.79 Å². The predicted molar refractivity (Wildman–Crippen MR) is 73.4 cm³/mol. The van der Waals surface area contributed by atoms with Crippen LogP contribution in [0.5, 0.6) is 0 Å². The van der Waals surface area contributed by atoms with Crippen molar-refractivity contribution >= 4 is 5.97 Å². The summed E-state index contributed by atoms with van der Waals surface area (Å²) in [5, 5.41) is 18.9. The maximum atomic E-state index is 9.00. The summed E-state index contributed by atoms with van der Waals surface area (Å²) in [6.45, 7) is 11.4. The zero-order valence-corrected chi connectivity index (χ0v) is 12.1. The van der Waals surface area contributed by atoms with Gasteiger partial charge in [0.05, 0.1) is 0 Å². The van der Waals surface area contributed by atoms with Crippen LogP contribution in [0.2, 0.25) is 0 Å². The van der Waals surface area contributed by atoms with Gasteiger partial charge in [0.1, 0.15) is 0 Å². The maximum absolute atomic E-state index is 9.00. The van der Waals surface area contributed by atoms with Gasteiger partial charge in [0.2, 0.25) is 0 Å². The van der Waals surface area contributed by atoms with Crippen LogP contribution in [0.1, 0.15) is 60.3 Å². The van der Waals surface area contributed by atoms with Crippen LogP contribution in [0.15, 0.2) is 0 Å². The third kappa shape index (κ3) is 95.0. The van der Waals surface area contributed by atoms with E-state index in [2.05, 4.69) is 19.2 Å². The van der Waals surface area contributed by atoms with Gasteiger partial charge < -0.3 is 15.5 Å². The predicted octanol–water partition coefficient (Wildman–Crippen LogP) is 2.65. The van der Waals surface area contributed by atoms with E-state index in [1.54, 1.807) is 13.8 Å². The Morgan fingerprint density at radius 3 is 1.53 bits per heavy atom. The maximum Gasteiger partial charge on any atom is 0.300 e. The lowest BCUT2D eigenvalue weighted by Crippen LogP contribution is -2.15. The monoisotopic (exact) mass is 249 g/mol. The Balaban J connectivity index is -0.000000205. The number of nitrogens with one attached hydrogen (secondary N) is 1. The van der Waals surface area contributed by atoms with E-state index in [9.17, 15) is 0 Å². The molecule has 4 nitrogen and oxygen atoms in total. The number of carboxylic acids is 1. The molecule has 0 rings (SSSR count). The van der Waals surface area contributed by atoms with Crippen molar-refractivity contribution in [3.8, 4) is 0 Å². The minimum atomic E-state index is -0.833. The third-order valence-electron chi connectivity index (χ3n) is 1.41. The molecule has 0 amide bonds. The molecular formula is C13H31NO3. The van der Waals surface area contributed by atoms with Gasteiger partial charge in [0.25, 0.3) is 5.97 Å². The second kappa shape index (κ2) is 20.8. The summed E-state index contributed by atoms with van der Waals surface area (Å²) >= 11 is 0. The quantitative estimate of drug-likeness (QED) is 0.633. The zero-order chi connectivity index (χ0) is 14.1. The first-order chi connectivity index (χ1) is 7.88. The molecule has 4 heteroatoms. The van der Waals surface area contributed by atoms with Crippen LogP contribution >= 0.6 is 0 Å². The van der Waals surface area contributed by atoms with Crippen molar-refractivity contribution in [1.82, 2.24) is 5.32 Å². The molecule has 0 aliphatic rings. The number of carbonyl (C=O) groups is 1. The largest absolute Gasteiger partial charge is 0.481 e. The van der Waals surface area contributed by atoms with Gasteiger partial charge in [-0.25, -0.2) is 0 Å². The molecule has 0 aliphatic heterocycles. The van der Waals surface area contributed by atoms with Crippen LogP contribution in [0.25, 0.3) is 0 Å². The second-order valence-corrected chi connectivity index (χ2v) is 4.07. The molecule has 0 saturated heterocycles. The molecule has 0 saturated carbocycles. The lowest BCUT2D eigenvalue weighted by molar-refractivity contribution is -0.134. The van der Waals surface area contributed by atoms with Crippen LogP contribution in [0.4, 0.5) is 0 Å². The number of aliphatic carboxylic acids is 1. The van der Waals surface area contributed by atoms with Gasteiger partial charge in [-0.15, -0.1) is 0 Å². The Hall–Kier alpha value is -0.610. The van der Waals surface area contributed by atoms with E-state index in [4.69, 9.17) is 15.0 Å². The molecule has 0 unspecified atom stereocenters. The molecule has 0 aromatic rings. The van der Waals surface area contributed by atoms with E-state index in [1.165, 1.54) is 38.8 Å². The fourth-order valence-electron chi connectivity index (χ4n) is 0.729.